The first-order chi connectivity index (χ1) is 18.8. The molecule has 3 atom stereocenters. The number of rotatable bonds is 13. The van der Waals surface area contributed by atoms with Gasteiger partial charge in [-0.15, -0.1) is 0 Å². The summed E-state index contributed by atoms with van der Waals surface area (Å²) in [4.78, 5) is 84.4. The van der Waals surface area contributed by atoms with Gasteiger partial charge in [-0.25, -0.2) is 4.79 Å². The quantitative estimate of drug-likeness (QED) is 0.211. The lowest BCUT2D eigenvalue weighted by atomic mass is 10.0. The fourth-order valence-corrected chi connectivity index (χ4v) is 3.38. The zero-order valence-corrected chi connectivity index (χ0v) is 22.6. The van der Waals surface area contributed by atoms with Gasteiger partial charge in [0.15, 0.2) is 0 Å². The molecule has 0 unspecified atom stereocenters. The maximum absolute atomic E-state index is 12.8. The zero-order valence-electron chi connectivity index (χ0n) is 22.6. The number of carboxylic acid groups (broad SMARTS) is 1. The molecular weight excluding hydrogens is 526 g/mol. The third kappa shape index (κ3) is 9.53. The topological polar surface area (TPSA) is 200 Å². The number of ether oxygens (including phenoxy) is 1. The van der Waals surface area contributed by atoms with E-state index in [9.17, 15) is 33.6 Å². The van der Waals surface area contributed by atoms with E-state index in [0.717, 1.165) is 17.1 Å². The number of benzene rings is 1. The molecule has 1 aliphatic rings. The first-order valence-corrected chi connectivity index (χ1v) is 12.5. The van der Waals surface area contributed by atoms with Crippen molar-refractivity contribution in [3.63, 3.8) is 0 Å². The summed E-state index contributed by atoms with van der Waals surface area (Å²) in [5, 5.41) is 18.7. The Hall–Kier alpha value is -4.75. The minimum absolute atomic E-state index is 0.121. The Kier molecular flexibility index (Phi) is 11.3. The van der Waals surface area contributed by atoms with Crippen molar-refractivity contribution < 1.29 is 43.4 Å². The number of carbonyl (C=O) groups excluding carboxylic acids is 6. The highest BCUT2D eigenvalue weighted by atomic mass is 16.5. The van der Waals surface area contributed by atoms with Crippen LogP contribution in [0.15, 0.2) is 36.4 Å². The molecule has 6 amide bonds. The van der Waals surface area contributed by atoms with Gasteiger partial charge in [-0.2, -0.15) is 0 Å². The molecule has 1 aliphatic heterocycles. The Morgan fingerprint density at radius 2 is 1.45 bits per heavy atom. The van der Waals surface area contributed by atoms with Crippen molar-refractivity contribution in [2.75, 3.05) is 11.9 Å². The molecule has 14 heteroatoms. The van der Waals surface area contributed by atoms with Crippen molar-refractivity contribution in [1.29, 1.82) is 0 Å². The van der Waals surface area contributed by atoms with Crippen LogP contribution < -0.4 is 21.3 Å². The number of carbonyl (C=O) groups is 7. The second-order valence-electron chi connectivity index (χ2n) is 9.40. The van der Waals surface area contributed by atoms with E-state index < -0.39 is 59.7 Å². The molecule has 2 rings (SSSR count). The Labute approximate surface area is 230 Å². The van der Waals surface area contributed by atoms with Gasteiger partial charge in [-0.1, -0.05) is 26.0 Å². The van der Waals surface area contributed by atoms with Gasteiger partial charge in [0.05, 0.1) is 0 Å². The Morgan fingerprint density at radius 3 is 2.00 bits per heavy atom. The van der Waals surface area contributed by atoms with Crippen LogP contribution in [0.25, 0.3) is 0 Å². The van der Waals surface area contributed by atoms with E-state index in [1.165, 1.54) is 13.8 Å². The van der Waals surface area contributed by atoms with Gasteiger partial charge in [0.1, 0.15) is 24.7 Å². The van der Waals surface area contributed by atoms with Gasteiger partial charge in [-0.3, -0.25) is 33.7 Å². The number of aliphatic carboxylic acids is 1. The number of hydrogen-bond acceptors (Lipinski definition) is 8. The van der Waals surface area contributed by atoms with E-state index in [1.54, 1.807) is 38.1 Å². The lowest BCUT2D eigenvalue weighted by molar-refractivity contribution is -0.139. The van der Waals surface area contributed by atoms with Crippen LogP contribution in [0.4, 0.5) is 10.5 Å². The van der Waals surface area contributed by atoms with Crippen molar-refractivity contribution in [2.24, 2.45) is 5.92 Å². The predicted octanol–water partition coefficient (Wildman–Crippen LogP) is 0.285. The molecule has 0 bridgehead atoms. The molecule has 0 radical (unpaired) electrons. The average molecular weight is 560 g/mol. The molecule has 1 aromatic carbocycles. The lowest BCUT2D eigenvalue weighted by Gasteiger charge is -2.24. The van der Waals surface area contributed by atoms with Gasteiger partial charge in [0, 0.05) is 30.8 Å². The molecule has 0 aliphatic carbocycles. The monoisotopic (exact) mass is 559 g/mol. The minimum Gasteiger partial charge on any atom is -0.480 e. The van der Waals surface area contributed by atoms with Crippen LogP contribution in [0.3, 0.4) is 0 Å². The molecule has 0 spiro atoms. The first kappa shape index (κ1) is 31.5. The van der Waals surface area contributed by atoms with Crippen LogP contribution in [0.5, 0.6) is 0 Å². The van der Waals surface area contributed by atoms with Crippen molar-refractivity contribution in [3.05, 3.63) is 42.0 Å². The number of nitrogens with one attached hydrogen (secondary N) is 4. The van der Waals surface area contributed by atoms with Gasteiger partial charge in [0.2, 0.25) is 17.7 Å². The molecular formula is C26H33N5O9. The fourth-order valence-electron chi connectivity index (χ4n) is 3.38. The number of hydrogen-bond donors (Lipinski definition) is 5. The first-order valence-electron chi connectivity index (χ1n) is 12.5. The van der Waals surface area contributed by atoms with Crippen molar-refractivity contribution >= 4 is 47.3 Å². The Balaban J connectivity index is 1.83. The molecule has 0 fully saturated rings. The third-order valence-electron chi connectivity index (χ3n) is 5.78. The van der Waals surface area contributed by atoms with Crippen molar-refractivity contribution in [3.8, 4) is 0 Å². The summed E-state index contributed by atoms with van der Waals surface area (Å²) in [6, 6.07) is 3.29. The van der Waals surface area contributed by atoms with Crippen LogP contribution in [0.1, 0.15) is 39.7 Å². The van der Waals surface area contributed by atoms with E-state index in [-0.39, 0.29) is 25.5 Å². The molecule has 0 saturated carbocycles. The summed E-state index contributed by atoms with van der Waals surface area (Å²) in [6.45, 7) is 5.96. The molecule has 1 aromatic rings. The Morgan fingerprint density at radius 1 is 0.850 bits per heavy atom. The highest BCUT2D eigenvalue weighted by Crippen LogP contribution is 2.12. The summed E-state index contributed by atoms with van der Waals surface area (Å²) in [5.41, 5.74) is 0.996. The number of anilines is 1. The molecule has 0 saturated heterocycles. The number of carboxylic acids is 1. The van der Waals surface area contributed by atoms with E-state index in [2.05, 4.69) is 21.3 Å². The highest BCUT2D eigenvalue weighted by molar-refractivity contribution is 6.13. The summed E-state index contributed by atoms with van der Waals surface area (Å²) in [6.07, 6.45) is 1.17. The van der Waals surface area contributed by atoms with Crippen LogP contribution in [0.2, 0.25) is 0 Å². The third-order valence-corrected chi connectivity index (χ3v) is 5.78. The summed E-state index contributed by atoms with van der Waals surface area (Å²) >= 11 is 0. The smallest absolute Gasteiger partial charge is 0.408 e. The average Bonchev–Trinajstić information content (AvgIpc) is 3.21. The van der Waals surface area contributed by atoms with E-state index >= 15 is 0 Å². The molecule has 40 heavy (non-hydrogen) atoms. The second-order valence-corrected chi connectivity index (χ2v) is 9.40. The van der Waals surface area contributed by atoms with Gasteiger partial charge in [0.25, 0.3) is 11.8 Å². The Bertz CT molecular complexity index is 1160. The second kappa shape index (κ2) is 14.4. The highest BCUT2D eigenvalue weighted by Gasteiger charge is 2.28. The summed E-state index contributed by atoms with van der Waals surface area (Å²) in [7, 11) is 0. The van der Waals surface area contributed by atoms with Crippen LogP contribution in [-0.2, 0) is 40.1 Å². The number of amides is 6. The van der Waals surface area contributed by atoms with Crippen LogP contribution >= 0.6 is 0 Å². The standard InChI is InChI=1S/C26H33N5O9/c1-14(2)22(30-19(32)11-12-31-20(33)9-10-21(31)34)24(36)27-15(3)23(35)29-18-7-5-17(6-8-18)13-40-26(39)28-16(4)25(37)38/h5-10,14-16,22H,11-13H2,1-4H3,(H,27,36)(H,28,39)(H,29,35)(H,30,32)(H,37,38)/t15-,16-,22-/m0/s1. The van der Waals surface area contributed by atoms with E-state index in [4.69, 9.17) is 9.84 Å². The molecule has 14 nitrogen and oxygen atoms in total. The molecule has 216 valence electrons. The number of nitrogens with zero attached hydrogens (tertiary/aromatic N) is 1. The molecule has 5 N–H and O–H groups in total. The van der Waals surface area contributed by atoms with Gasteiger partial charge in [-0.05, 0) is 37.5 Å². The van der Waals surface area contributed by atoms with Gasteiger partial charge < -0.3 is 31.1 Å². The lowest BCUT2D eigenvalue weighted by Crippen LogP contribution is -2.54. The largest absolute Gasteiger partial charge is 0.480 e. The predicted molar refractivity (Wildman–Crippen MR) is 140 cm³/mol. The maximum atomic E-state index is 12.8. The van der Waals surface area contributed by atoms with E-state index in [0.29, 0.717) is 11.3 Å². The van der Waals surface area contributed by atoms with Gasteiger partial charge >= 0.3 is 12.1 Å². The minimum atomic E-state index is -1.20. The van der Waals surface area contributed by atoms with Crippen LogP contribution in [-0.4, -0.2) is 76.3 Å². The SMILES string of the molecule is CC(C)[C@H](NC(=O)CCN1C(=O)C=CC1=O)C(=O)N[C@@H](C)C(=O)Nc1ccc(COC(=O)N[C@@H](C)C(=O)O)cc1. The summed E-state index contributed by atoms with van der Waals surface area (Å²) in [5.74, 6) is -4.16. The van der Waals surface area contributed by atoms with Crippen LogP contribution in [0, 0.1) is 5.92 Å². The molecule has 0 aromatic heterocycles. The van der Waals surface area contributed by atoms with E-state index in [1.807, 2.05) is 0 Å². The molecule has 1 heterocycles. The summed E-state index contributed by atoms with van der Waals surface area (Å²) < 4.78 is 4.96. The maximum Gasteiger partial charge on any atom is 0.408 e. The number of imide groups is 1. The fraction of sp³-hybridized carbons (Fsp3) is 0.423. The normalized spacial score (nSPS) is 14.8. The van der Waals surface area contributed by atoms with Crippen molar-refractivity contribution in [1.82, 2.24) is 20.9 Å². The zero-order chi connectivity index (χ0) is 30.0. The van der Waals surface area contributed by atoms with Crippen molar-refractivity contribution in [2.45, 2.75) is 58.8 Å². The number of alkyl carbamates (subject to hydrolysis) is 1.